The van der Waals surface area contributed by atoms with E-state index < -0.39 is 5.43 Å². The third-order valence-corrected chi connectivity index (χ3v) is 5.30. The van der Waals surface area contributed by atoms with Crippen LogP contribution in [0.5, 0.6) is 5.88 Å². The van der Waals surface area contributed by atoms with E-state index in [9.17, 15) is 4.79 Å². The van der Waals surface area contributed by atoms with E-state index in [1.165, 1.54) is 31.0 Å². The topological polar surface area (TPSA) is 61.3 Å². The van der Waals surface area contributed by atoms with Crippen LogP contribution < -0.4 is 4.74 Å². The molecule has 2 unspecified atom stereocenters. The smallest absolute Gasteiger partial charge is 0.408 e. The Morgan fingerprint density at radius 2 is 2.20 bits per heavy atom. The zero-order chi connectivity index (χ0) is 18.3. The second-order valence-corrected chi connectivity index (χ2v) is 7.50. The lowest BCUT2D eigenvalue weighted by molar-refractivity contribution is -0.944. The zero-order valence-corrected chi connectivity index (χ0v) is 16.7. The predicted molar refractivity (Wildman–Crippen MR) is 99.9 cm³/mol. The van der Waals surface area contributed by atoms with Crippen molar-refractivity contribution >= 4 is 34.3 Å². The van der Waals surface area contributed by atoms with Crippen LogP contribution in [0.3, 0.4) is 0 Å². The first kappa shape index (κ1) is 20.1. The Balaban J connectivity index is 2.00. The van der Waals surface area contributed by atoms with Gasteiger partial charge in [0.2, 0.25) is 6.23 Å². The van der Waals surface area contributed by atoms with Crippen LogP contribution in [0.15, 0.2) is 6.08 Å². The molecule has 0 radical (unpaired) electrons. The van der Waals surface area contributed by atoms with Gasteiger partial charge in [0.25, 0.3) is 5.88 Å². The van der Waals surface area contributed by atoms with Gasteiger partial charge in [0.05, 0.1) is 31.9 Å². The van der Waals surface area contributed by atoms with Gasteiger partial charge >= 0.3 is 5.43 Å². The Morgan fingerprint density at radius 1 is 1.40 bits per heavy atom. The number of carbonyl (C=O) groups is 1. The predicted octanol–water partition coefficient (Wildman–Crippen LogP) is 4.45. The first-order chi connectivity index (χ1) is 12.0. The van der Waals surface area contributed by atoms with Crippen molar-refractivity contribution in [1.82, 2.24) is 8.75 Å². The van der Waals surface area contributed by atoms with Gasteiger partial charge in [-0.15, -0.1) is 4.37 Å². The highest BCUT2D eigenvalue weighted by atomic mass is 35.5. The zero-order valence-electron chi connectivity index (χ0n) is 15.2. The fourth-order valence-corrected chi connectivity index (χ4v) is 3.64. The van der Waals surface area contributed by atoms with E-state index in [1.54, 1.807) is 0 Å². The van der Waals surface area contributed by atoms with E-state index >= 15 is 0 Å². The van der Waals surface area contributed by atoms with Crippen molar-refractivity contribution < 1.29 is 18.8 Å². The molecule has 6 nitrogen and oxygen atoms in total. The summed E-state index contributed by atoms with van der Waals surface area (Å²) < 4.78 is 20.4. The van der Waals surface area contributed by atoms with Gasteiger partial charge in [0.15, 0.2) is 0 Å². The number of unbranched alkanes of at least 4 members (excludes halogenated alkanes) is 3. The van der Waals surface area contributed by atoms with E-state index in [0.717, 1.165) is 30.7 Å². The van der Waals surface area contributed by atoms with E-state index in [2.05, 4.69) is 28.8 Å². The third-order valence-electron chi connectivity index (χ3n) is 4.70. The van der Waals surface area contributed by atoms with Crippen molar-refractivity contribution in [1.29, 1.82) is 0 Å². The minimum Gasteiger partial charge on any atom is -0.475 e. The number of aromatic nitrogens is 2. The number of nitrogens with zero attached hydrogens (tertiary/aromatic N) is 3. The third kappa shape index (κ3) is 5.66. The van der Waals surface area contributed by atoms with E-state index in [-0.39, 0.29) is 6.23 Å². The fraction of sp³-hybridized carbons (Fsp3) is 0.706. The number of hydrogen-bond acceptors (Lipinski definition) is 6. The van der Waals surface area contributed by atoms with Crippen LogP contribution in [0.2, 0.25) is 0 Å². The lowest BCUT2D eigenvalue weighted by atomic mass is 10.0. The minimum absolute atomic E-state index is 0.321. The van der Waals surface area contributed by atoms with Crippen molar-refractivity contribution in [2.24, 2.45) is 0 Å². The molecule has 140 valence electrons. The Hall–Kier alpha value is -1.18. The molecular weight excluding hydrogens is 362 g/mol. The molecule has 8 heteroatoms. The van der Waals surface area contributed by atoms with Crippen LogP contribution in [0.25, 0.3) is 5.57 Å². The maximum atomic E-state index is 11.1. The number of halogens is 1. The van der Waals surface area contributed by atoms with Crippen molar-refractivity contribution in [2.45, 2.75) is 52.2 Å². The molecule has 2 rings (SSSR count). The molecule has 0 saturated carbocycles. The number of carbonyl (C=O) groups excluding carboxylic acids is 1. The molecule has 1 aromatic heterocycles. The van der Waals surface area contributed by atoms with Gasteiger partial charge in [-0.3, -0.25) is 4.48 Å². The lowest BCUT2D eigenvalue weighted by Gasteiger charge is -2.40. The van der Waals surface area contributed by atoms with E-state index in [4.69, 9.17) is 21.1 Å². The summed E-state index contributed by atoms with van der Waals surface area (Å²) in [5, 5.41) is 0. The summed E-state index contributed by atoms with van der Waals surface area (Å²) in [6, 6.07) is 0. The Kier molecular flexibility index (Phi) is 7.65. The van der Waals surface area contributed by atoms with Crippen molar-refractivity contribution in [2.75, 3.05) is 26.7 Å². The van der Waals surface area contributed by atoms with Gasteiger partial charge in [-0.1, -0.05) is 32.3 Å². The quantitative estimate of drug-likeness (QED) is 0.355. The molecule has 25 heavy (non-hydrogen) atoms. The maximum Gasteiger partial charge on any atom is 0.408 e. The molecule has 0 saturated heterocycles. The van der Waals surface area contributed by atoms with Crippen molar-refractivity contribution in [3.8, 4) is 5.88 Å². The van der Waals surface area contributed by atoms with Crippen LogP contribution >= 0.6 is 23.3 Å². The Morgan fingerprint density at radius 3 is 2.92 bits per heavy atom. The van der Waals surface area contributed by atoms with Crippen molar-refractivity contribution in [3.05, 3.63) is 11.8 Å². The van der Waals surface area contributed by atoms with Crippen LogP contribution in [0.1, 0.15) is 51.6 Å². The van der Waals surface area contributed by atoms with Gasteiger partial charge in [-0.05, 0) is 6.42 Å². The van der Waals surface area contributed by atoms with Gasteiger partial charge in [-0.2, -0.15) is 4.37 Å². The molecule has 0 aromatic carbocycles. The standard InChI is InChI=1S/C17H27ClN3O3S/c1-4-5-6-7-11-23-16-15(19-25-20-16)14-9-8-10-21(3,12-14)13(2)24-17(18)22/h9,13H,4-8,10-12H2,1-3H3/q+1. The molecule has 1 aromatic rings. The van der Waals surface area contributed by atoms with Crippen LogP contribution in [-0.2, 0) is 4.74 Å². The van der Waals surface area contributed by atoms with Crippen LogP contribution in [0.4, 0.5) is 4.79 Å². The molecule has 0 aliphatic carbocycles. The summed E-state index contributed by atoms with van der Waals surface area (Å²) in [5.74, 6) is 0.614. The summed E-state index contributed by atoms with van der Waals surface area (Å²) in [6.45, 7) is 6.30. The molecule has 1 aliphatic heterocycles. The SMILES string of the molecule is CCCCCCOc1nsnc1C1=CCC[N+](C)(C(C)OC(=O)Cl)C1. The molecule has 2 heterocycles. The van der Waals surface area contributed by atoms with E-state index in [0.29, 0.717) is 23.5 Å². The summed E-state index contributed by atoms with van der Waals surface area (Å²) in [5.41, 5.74) is 1.13. The van der Waals surface area contributed by atoms with Crippen molar-refractivity contribution in [3.63, 3.8) is 0 Å². The number of ether oxygens (including phenoxy) is 2. The highest BCUT2D eigenvalue weighted by molar-refractivity contribution is 6.99. The molecule has 0 spiro atoms. The summed E-state index contributed by atoms with van der Waals surface area (Å²) >= 11 is 6.55. The highest BCUT2D eigenvalue weighted by Gasteiger charge is 2.36. The summed E-state index contributed by atoms with van der Waals surface area (Å²) in [7, 11) is 2.06. The first-order valence-electron chi connectivity index (χ1n) is 8.81. The molecule has 0 amide bonds. The van der Waals surface area contributed by atoms with Crippen LogP contribution in [0, 0.1) is 0 Å². The largest absolute Gasteiger partial charge is 0.475 e. The average molecular weight is 389 g/mol. The van der Waals surface area contributed by atoms with Gasteiger partial charge in [-0.25, -0.2) is 4.79 Å². The monoisotopic (exact) mass is 388 g/mol. The summed E-state index contributed by atoms with van der Waals surface area (Å²) in [6.07, 6.45) is 7.36. The van der Waals surface area contributed by atoms with Gasteiger partial charge in [0, 0.05) is 30.5 Å². The van der Waals surface area contributed by atoms with E-state index in [1.807, 2.05) is 6.92 Å². The summed E-state index contributed by atoms with van der Waals surface area (Å²) in [4.78, 5) is 11.1. The molecular formula is C17H27ClN3O3S+. The molecule has 0 bridgehead atoms. The number of quaternary nitrogens is 1. The lowest BCUT2D eigenvalue weighted by Crippen LogP contribution is -2.55. The second kappa shape index (κ2) is 9.50. The first-order valence-corrected chi connectivity index (χ1v) is 9.92. The maximum absolute atomic E-state index is 11.1. The van der Waals surface area contributed by atoms with Gasteiger partial charge < -0.3 is 9.47 Å². The normalized spacial score (nSPS) is 21.5. The Labute approximate surface area is 158 Å². The number of hydrogen-bond donors (Lipinski definition) is 0. The molecule has 1 aliphatic rings. The molecule has 0 fully saturated rings. The number of likely N-dealkylation sites (N-methyl/N-ethyl adjacent to an activating group) is 1. The molecule has 2 atom stereocenters. The van der Waals surface area contributed by atoms with Crippen LogP contribution in [-0.4, -0.2) is 51.6 Å². The van der Waals surface area contributed by atoms with Gasteiger partial charge in [0.1, 0.15) is 12.2 Å². The second-order valence-electron chi connectivity index (χ2n) is 6.66. The molecule has 0 N–H and O–H groups in total. The Bertz CT molecular complexity index is 608. The average Bonchev–Trinajstić information content (AvgIpc) is 3.02. The minimum atomic E-state index is -0.769. The number of rotatable bonds is 9. The highest BCUT2D eigenvalue weighted by Crippen LogP contribution is 2.31. The fourth-order valence-electron chi connectivity index (χ4n) is 2.98.